The molecule has 0 saturated heterocycles. The molecule has 3 nitrogen and oxygen atoms in total. The molecule has 1 aromatic rings. The van der Waals surface area contributed by atoms with Gasteiger partial charge in [0, 0.05) is 11.8 Å². The van der Waals surface area contributed by atoms with E-state index >= 15 is 0 Å². The molecule has 0 radical (unpaired) electrons. The molecule has 0 aromatic carbocycles. The van der Waals surface area contributed by atoms with Gasteiger partial charge in [-0.05, 0) is 61.5 Å². The molecule has 2 saturated carbocycles. The maximum atomic E-state index is 14.0. The largest absolute Gasteiger partial charge is 0.304 e. The van der Waals surface area contributed by atoms with Gasteiger partial charge in [-0.1, -0.05) is 0 Å². The van der Waals surface area contributed by atoms with Crippen LogP contribution in [-0.2, 0) is 0 Å². The third kappa shape index (κ3) is 2.05. The highest BCUT2D eigenvalue weighted by Gasteiger charge is 2.51. The lowest BCUT2D eigenvalue weighted by atomic mass is 9.74. The predicted molar refractivity (Wildman–Crippen MR) is 93.3 cm³/mol. The maximum Gasteiger partial charge on any atom is 0.205 e. The van der Waals surface area contributed by atoms with Crippen molar-refractivity contribution in [2.75, 3.05) is 0 Å². The van der Waals surface area contributed by atoms with Gasteiger partial charge in [0.1, 0.15) is 12.3 Å². The van der Waals surface area contributed by atoms with E-state index in [9.17, 15) is 8.78 Å². The molecule has 6 atom stereocenters. The van der Waals surface area contributed by atoms with Gasteiger partial charge in [0.05, 0.1) is 21.2 Å². The molecule has 1 heterocycles. The van der Waals surface area contributed by atoms with Gasteiger partial charge in [-0.25, -0.2) is 8.78 Å². The maximum absolute atomic E-state index is 14.0. The fourth-order valence-electron chi connectivity index (χ4n) is 5.66. The summed E-state index contributed by atoms with van der Waals surface area (Å²) in [5, 5.41) is 17.7. The van der Waals surface area contributed by atoms with Crippen LogP contribution in [0.25, 0.3) is 0 Å². The summed E-state index contributed by atoms with van der Waals surface area (Å²) in [6.07, 6.45) is 3.89. The van der Waals surface area contributed by atoms with Crippen LogP contribution in [0.5, 0.6) is 0 Å². The van der Waals surface area contributed by atoms with E-state index in [1.165, 1.54) is 11.1 Å². The van der Waals surface area contributed by atoms with Gasteiger partial charge in [0.2, 0.25) is 6.19 Å². The van der Waals surface area contributed by atoms with E-state index in [0.29, 0.717) is 31.4 Å². The molecule has 4 aliphatic rings. The Labute approximate surface area is 149 Å². The molecule has 1 aromatic heterocycles. The van der Waals surface area contributed by atoms with Crippen LogP contribution in [0.4, 0.5) is 8.78 Å². The van der Waals surface area contributed by atoms with E-state index in [1.54, 1.807) is 11.3 Å². The summed E-state index contributed by atoms with van der Waals surface area (Å²) in [7, 11) is 0. The van der Waals surface area contributed by atoms with Gasteiger partial charge in [0.15, 0.2) is 0 Å². The van der Waals surface area contributed by atoms with Crippen molar-refractivity contribution in [1.82, 2.24) is 0 Å². The second-order valence-corrected chi connectivity index (χ2v) is 8.87. The number of aliphatic imine (C=N–C) groups is 1. The quantitative estimate of drug-likeness (QED) is 0.661. The molecule has 6 unspecified atom stereocenters. The first kappa shape index (κ1) is 15.6. The SMILES string of the molecule is N#CN=C1c2sc3c(c2C2CCC(F)CC12)C1CCC(F)CC1C3=N. The Morgan fingerprint density at radius 2 is 1.52 bits per heavy atom. The minimum atomic E-state index is -0.819. The summed E-state index contributed by atoms with van der Waals surface area (Å²) in [6.45, 7) is 0. The smallest absolute Gasteiger partial charge is 0.205 e. The number of fused-ring (bicyclic) bond motifs is 7. The Bertz CT molecular complexity index is 836. The van der Waals surface area contributed by atoms with Crippen LogP contribution in [0.2, 0.25) is 0 Å². The molecule has 2 fully saturated rings. The molecule has 0 spiro atoms. The first-order valence-electron chi connectivity index (χ1n) is 9.10. The lowest BCUT2D eigenvalue weighted by Gasteiger charge is -2.31. The van der Waals surface area contributed by atoms with Crippen LogP contribution in [0.1, 0.15) is 71.2 Å². The van der Waals surface area contributed by atoms with Crippen LogP contribution in [0.3, 0.4) is 0 Å². The van der Waals surface area contributed by atoms with Crippen molar-refractivity contribution >= 4 is 22.8 Å². The lowest BCUT2D eigenvalue weighted by molar-refractivity contribution is 0.206. The van der Waals surface area contributed by atoms with E-state index in [0.717, 1.165) is 28.3 Å². The van der Waals surface area contributed by atoms with Crippen LogP contribution < -0.4 is 0 Å². The molecule has 0 amide bonds. The fraction of sp³-hybridized carbons (Fsp3) is 0.632. The van der Waals surface area contributed by atoms with Crippen LogP contribution >= 0.6 is 11.3 Å². The van der Waals surface area contributed by atoms with E-state index in [2.05, 4.69) is 4.99 Å². The third-order valence-corrected chi connectivity index (χ3v) is 7.94. The molecule has 4 aliphatic carbocycles. The summed E-state index contributed by atoms with van der Waals surface area (Å²) >= 11 is 1.55. The van der Waals surface area contributed by atoms with Crippen molar-refractivity contribution in [3.8, 4) is 6.19 Å². The van der Waals surface area contributed by atoms with Crippen molar-refractivity contribution in [2.45, 2.75) is 62.7 Å². The Balaban J connectivity index is 1.65. The topological polar surface area (TPSA) is 60.0 Å². The van der Waals surface area contributed by atoms with Gasteiger partial charge in [-0.3, -0.25) is 0 Å². The number of thiophene rings is 1. The van der Waals surface area contributed by atoms with Crippen molar-refractivity contribution in [1.29, 1.82) is 10.7 Å². The zero-order valence-corrected chi connectivity index (χ0v) is 14.6. The number of hydrogen-bond donors (Lipinski definition) is 1. The van der Waals surface area contributed by atoms with Crippen molar-refractivity contribution in [2.24, 2.45) is 16.8 Å². The van der Waals surface area contributed by atoms with Gasteiger partial charge >= 0.3 is 0 Å². The minimum absolute atomic E-state index is 0.000646. The highest BCUT2D eigenvalue weighted by Crippen LogP contribution is 2.59. The zero-order chi connectivity index (χ0) is 17.3. The summed E-state index contributed by atoms with van der Waals surface area (Å²) in [4.78, 5) is 6.07. The number of halogens is 2. The van der Waals surface area contributed by atoms with Gasteiger partial charge in [-0.15, -0.1) is 11.3 Å². The number of alkyl halides is 2. The number of nitrogens with one attached hydrogen (secondary N) is 1. The van der Waals surface area contributed by atoms with E-state index in [4.69, 9.17) is 10.7 Å². The number of nitrogens with zero attached hydrogens (tertiary/aromatic N) is 2. The van der Waals surface area contributed by atoms with Crippen molar-refractivity contribution < 1.29 is 8.78 Å². The number of hydrogen-bond acceptors (Lipinski definition) is 4. The van der Waals surface area contributed by atoms with Gasteiger partial charge in [0.25, 0.3) is 0 Å². The Hall–Kier alpha value is -1.61. The second kappa shape index (κ2) is 5.44. The first-order valence-corrected chi connectivity index (χ1v) is 9.92. The summed E-state index contributed by atoms with van der Waals surface area (Å²) in [6, 6.07) is 0. The highest BCUT2D eigenvalue weighted by atomic mass is 32.1. The summed E-state index contributed by atoms with van der Waals surface area (Å²) in [5.74, 6) is 0.465. The van der Waals surface area contributed by atoms with Crippen LogP contribution in [-0.4, -0.2) is 23.8 Å². The summed E-state index contributed by atoms with van der Waals surface area (Å²) in [5.41, 5.74) is 3.79. The molecule has 6 heteroatoms. The van der Waals surface area contributed by atoms with E-state index < -0.39 is 12.3 Å². The Morgan fingerprint density at radius 1 is 0.920 bits per heavy atom. The number of rotatable bonds is 0. The molecule has 1 N–H and O–H groups in total. The molecule has 5 rings (SSSR count). The van der Waals surface area contributed by atoms with Gasteiger partial charge in [-0.2, -0.15) is 10.3 Å². The zero-order valence-electron chi connectivity index (χ0n) is 13.8. The molecule has 25 heavy (non-hydrogen) atoms. The average molecular weight is 359 g/mol. The fourth-order valence-corrected chi connectivity index (χ4v) is 7.17. The lowest BCUT2D eigenvalue weighted by Crippen LogP contribution is -2.26. The van der Waals surface area contributed by atoms with E-state index in [1.807, 2.05) is 6.19 Å². The molecular formula is C19H19F2N3S. The standard InChI is InChI=1S/C19H19F2N3S/c20-8-1-3-10-12(5-8)16(23)18-14(10)15-11-4-2-9(21)6-13(11)17(24-7-22)19(15)25-18/h8-13,23H,1-6H2. The average Bonchev–Trinajstić information content (AvgIpc) is 3.18. The third-order valence-electron chi connectivity index (χ3n) is 6.67. The van der Waals surface area contributed by atoms with Gasteiger partial charge < -0.3 is 5.41 Å². The monoisotopic (exact) mass is 359 g/mol. The summed E-state index contributed by atoms with van der Waals surface area (Å²) < 4.78 is 27.9. The Kier molecular flexibility index (Phi) is 3.40. The molecule has 0 bridgehead atoms. The first-order chi connectivity index (χ1) is 12.1. The van der Waals surface area contributed by atoms with Crippen molar-refractivity contribution in [3.05, 3.63) is 20.9 Å². The van der Waals surface area contributed by atoms with Crippen LogP contribution in [0, 0.1) is 28.7 Å². The Morgan fingerprint density at radius 3 is 2.20 bits per heavy atom. The highest BCUT2D eigenvalue weighted by molar-refractivity contribution is 7.16. The van der Waals surface area contributed by atoms with Crippen molar-refractivity contribution in [3.63, 3.8) is 0 Å². The van der Waals surface area contributed by atoms with Crippen LogP contribution in [0.15, 0.2) is 4.99 Å². The normalized spacial score (nSPS) is 40.4. The molecule has 0 aliphatic heterocycles. The predicted octanol–water partition coefficient (Wildman–Crippen LogP) is 4.86. The molecule has 130 valence electrons. The second-order valence-electron chi connectivity index (χ2n) is 7.85. The number of nitriles is 1. The molecular weight excluding hydrogens is 340 g/mol. The minimum Gasteiger partial charge on any atom is -0.304 e. The van der Waals surface area contributed by atoms with E-state index in [-0.39, 0.29) is 23.7 Å².